The monoisotopic (exact) mass is 299 g/mol. The van der Waals surface area contributed by atoms with Crippen molar-refractivity contribution in [2.24, 2.45) is 0 Å². The van der Waals surface area contributed by atoms with E-state index in [2.05, 4.69) is 84.9 Å². The molecule has 2 nitrogen and oxygen atoms in total. The molecule has 0 bridgehead atoms. The van der Waals surface area contributed by atoms with Crippen LogP contribution in [0.4, 0.5) is 11.4 Å². The summed E-state index contributed by atoms with van der Waals surface area (Å²) < 4.78 is 0. The summed E-state index contributed by atoms with van der Waals surface area (Å²) in [5.41, 5.74) is 2.03. The Balaban J connectivity index is 1.81. The van der Waals surface area contributed by atoms with E-state index in [-0.39, 0.29) is 0 Å². The van der Waals surface area contributed by atoms with Crippen molar-refractivity contribution in [3.8, 4) is 0 Å². The Morgan fingerprint density at radius 1 is 0.565 bits per heavy atom. The van der Waals surface area contributed by atoms with Gasteiger partial charge in [-0.1, -0.05) is 60.7 Å². The second kappa shape index (κ2) is 5.75. The fourth-order valence-corrected chi connectivity index (χ4v) is 2.97. The van der Waals surface area contributed by atoms with E-state index in [4.69, 9.17) is 4.84 Å². The van der Waals surface area contributed by atoms with Gasteiger partial charge in [-0.15, -0.1) is 0 Å². The van der Waals surface area contributed by atoms with Gasteiger partial charge in [0, 0.05) is 0 Å². The molecule has 112 valence electrons. The summed E-state index contributed by atoms with van der Waals surface area (Å²) in [7, 11) is 1.70. The van der Waals surface area contributed by atoms with Gasteiger partial charge < -0.3 is 0 Å². The van der Waals surface area contributed by atoms with Crippen molar-refractivity contribution < 1.29 is 4.84 Å². The van der Waals surface area contributed by atoms with E-state index in [0.29, 0.717) is 0 Å². The van der Waals surface area contributed by atoms with Gasteiger partial charge in [0.05, 0.1) is 18.5 Å². The normalized spacial score (nSPS) is 11.0. The molecule has 0 fully saturated rings. The molecule has 0 saturated carbocycles. The summed E-state index contributed by atoms with van der Waals surface area (Å²) in [6.45, 7) is 0. The number of fused-ring (bicyclic) bond motifs is 2. The minimum absolute atomic E-state index is 1.02. The van der Waals surface area contributed by atoms with Crippen molar-refractivity contribution in [3.63, 3.8) is 0 Å². The van der Waals surface area contributed by atoms with E-state index < -0.39 is 0 Å². The summed E-state index contributed by atoms with van der Waals surface area (Å²) in [6, 6.07) is 29.4. The summed E-state index contributed by atoms with van der Waals surface area (Å²) in [5.74, 6) is 0. The van der Waals surface area contributed by atoms with Gasteiger partial charge in [-0.25, -0.2) is 5.06 Å². The summed E-state index contributed by atoms with van der Waals surface area (Å²) in [4.78, 5) is 5.65. The van der Waals surface area contributed by atoms with Gasteiger partial charge in [0.2, 0.25) is 0 Å². The lowest BCUT2D eigenvalue weighted by atomic mass is 10.1. The molecular weight excluding hydrogens is 282 g/mol. The van der Waals surface area contributed by atoms with Crippen LogP contribution in [0.15, 0.2) is 84.9 Å². The van der Waals surface area contributed by atoms with E-state index in [1.54, 1.807) is 7.11 Å². The second-order valence-electron chi connectivity index (χ2n) is 5.54. The van der Waals surface area contributed by atoms with Crippen LogP contribution >= 0.6 is 0 Å². The molecule has 2 heteroatoms. The lowest BCUT2D eigenvalue weighted by Crippen LogP contribution is -2.14. The largest absolute Gasteiger partial charge is 0.272 e. The van der Waals surface area contributed by atoms with Gasteiger partial charge >= 0.3 is 0 Å². The first-order chi connectivity index (χ1) is 11.3. The van der Waals surface area contributed by atoms with E-state index in [9.17, 15) is 0 Å². The van der Waals surface area contributed by atoms with Crippen LogP contribution in [-0.2, 0) is 4.84 Å². The molecule has 0 saturated heterocycles. The van der Waals surface area contributed by atoms with E-state index in [1.807, 2.05) is 5.06 Å². The van der Waals surface area contributed by atoms with E-state index >= 15 is 0 Å². The average molecular weight is 299 g/mol. The highest BCUT2D eigenvalue weighted by molar-refractivity contribution is 5.89. The minimum Gasteiger partial charge on any atom is -0.272 e. The van der Waals surface area contributed by atoms with E-state index in [0.717, 1.165) is 11.4 Å². The quantitative estimate of drug-likeness (QED) is 0.450. The molecule has 4 aromatic rings. The zero-order valence-electron chi connectivity index (χ0n) is 12.9. The van der Waals surface area contributed by atoms with Crippen LogP contribution in [0.25, 0.3) is 21.5 Å². The minimum atomic E-state index is 1.02. The molecule has 4 aromatic carbocycles. The van der Waals surface area contributed by atoms with Crippen LogP contribution < -0.4 is 5.06 Å². The fourth-order valence-electron chi connectivity index (χ4n) is 2.97. The first-order valence-corrected chi connectivity index (χ1v) is 7.67. The highest BCUT2D eigenvalue weighted by Gasteiger charge is 2.10. The van der Waals surface area contributed by atoms with Gasteiger partial charge in [0.15, 0.2) is 0 Å². The van der Waals surface area contributed by atoms with Crippen LogP contribution in [0, 0.1) is 0 Å². The van der Waals surface area contributed by atoms with Crippen LogP contribution in [0.5, 0.6) is 0 Å². The molecule has 0 aliphatic carbocycles. The topological polar surface area (TPSA) is 12.5 Å². The van der Waals surface area contributed by atoms with Crippen LogP contribution in [-0.4, -0.2) is 7.11 Å². The van der Waals surface area contributed by atoms with Gasteiger partial charge in [-0.2, -0.15) is 0 Å². The molecule has 0 aliphatic rings. The standard InChI is InChI=1S/C21H17NO/c1-23-22(20-12-10-16-6-2-4-8-18(16)14-20)21-13-11-17-7-3-5-9-19(17)15-21/h2-15H,1H3. The molecule has 23 heavy (non-hydrogen) atoms. The molecule has 0 spiro atoms. The van der Waals surface area contributed by atoms with E-state index in [1.165, 1.54) is 21.5 Å². The maximum absolute atomic E-state index is 5.65. The van der Waals surface area contributed by atoms with Crippen molar-refractivity contribution in [1.82, 2.24) is 0 Å². The first kappa shape index (κ1) is 13.8. The zero-order chi connectivity index (χ0) is 15.6. The molecule has 0 atom stereocenters. The smallest absolute Gasteiger partial charge is 0.0701 e. The molecule has 4 rings (SSSR count). The predicted molar refractivity (Wildman–Crippen MR) is 97.0 cm³/mol. The average Bonchev–Trinajstić information content (AvgIpc) is 2.62. The summed E-state index contributed by atoms with van der Waals surface area (Å²) in [6.07, 6.45) is 0. The van der Waals surface area contributed by atoms with Crippen molar-refractivity contribution in [3.05, 3.63) is 84.9 Å². The Morgan fingerprint density at radius 2 is 1.00 bits per heavy atom. The second-order valence-corrected chi connectivity index (χ2v) is 5.54. The van der Waals surface area contributed by atoms with Crippen molar-refractivity contribution in [2.45, 2.75) is 0 Å². The highest BCUT2D eigenvalue weighted by Crippen LogP contribution is 2.30. The fraction of sp³-hybridized carbons (Fsp3) is 0.0476. The highest BCUT2D eigenvalue weighted by atomic mass is 16.7. The van der Waals surface area contributed by atoms with Gasteiger partial charge in [-0.3, -0.25) is 4.84 Å². The number of hydrogen-bond donors (Lipinski definition) is 0. The lowest BCUT2D eigenvalue weighted by Gasteiger charge is -2.22. The van der Waals surface area contributed by atoms with Crippen molar-refractivity contribution in [1.29, 1.82) is 0 Å². The SMILES string of the molecule is CON(c1ccc2ccccc2c1)c1ccc2ccccc2c1. The van der Waals surface area contributed by atoms with Gasteiger partial charge in [0.25, 0.3) is 0 Å². The molecule has 0 N–H and O–H groups in total. The Morgan fingerprint density at radius 3 is 1.43 bits per heavy atom. The number of rotatable bonds is 3. The molecule has 0 aliphatic heterocycles. The third-order valence-electron chi connectivity index (χ3n) is 4.12. The molecule has 0 aromatic heterocycles. The zero-order valence-corrected chi connectivity index (χ0v) is 12.9. The van der Waals surface area contributed by atoms with Gasteiger partial charge in [0.1, 0.15) is 0 Å². The molecule has 0 heterocycles. The lowest BCUT2D eigenvalue weighted by molar-refractivity contribution is 0.201. The maximum atomic E-state index is 5.65. The number of benzene rings is 4. The molecule has 0 unspecified atom stereocenters. The maximum Gasteiger partial charge on any atom is 0.0701 e. The van der Waals surface area contributed by atoms with Crippen LogP contribution in [0.3, 0.4) is 0 Å². The third kappa shape index (κ3) is 2.54. The van der Waals surface area contributed by atoms with Crippen LogP contribution in [0.1, 0.15) is 0 Å². The summed E-state index contributed by atoms with van der Waals surface area (Å²) in [5, 5.41) is 6.72. The Kier molecular flexibility index (Phi) is 3.45. The molecular formula is C21H17NO. The Bertz CT molecular complexity index is 898. The molecule has 0 amide bonds. The van der Waals surface area contributed by atoms with Crippen LogP contribution in [0.2, 0.25) is 0 Å². The number of nitrogens with zero attached hydrogens (tertiary/aromatic N) is 1. The summed E-state index contributed by atoms with van der Waals surface area (Å²) >= 11 is 0. The molecule has 0 radical (unpaired) electrons. The van der Waals surface area contributed by atoms with Gasteiger partial charge in [-0.05, 0) is 45.8 Å². The predicted octanol–water partition coefficient (Wildman–Crippen LogP) is 5.69. The van der Waals surface area contributed by atoms with Crippen molar-refractivity contribution in [2.75, 3.05) is 12.2 Å². The first-order valence-electron chi connectivity index (χ1n) is 7.67. The van der Waals surface area contributed by atoms with Crippen molar-refractivity contribution >= 4 is 32.9 Å². The number of anilines is 2. The number of hydrogen-bond acceptors (Lipinski definition) is 2. The Hall–Kier alpha value is -2.84. The Labute approximate surface area is 135 Å². The third-order valence-corrected chi connectivity index (χ3v) is 4.12.